The molecule has 2 aromatic carbocycles. The summed E-state index contributed by atoms with van der Waals surface area (Å²) in [7, 11) is 0. The molecule has 0 aliphatic carbocycles. The third-order valence-electron chi connectivity index (χ3n) is 3.49. The minimum absolute atomic E-state index is 0.723. The van der Waals surface area contributed by atoms with Gasteiger partial charge in [-0.1, -0.05) is 63.1 Å². The fraction of sp³-hybridized carbons (Fsp3) is 0.278. The van der Waals surface area contributed by atoms with Crippen molar-refractivity contribution in [3.63, 3.8) is 0 Å². The van der Waals surface area contributed by atoms with Crippen LogP contribution in [0.3, 0.4) is 0 Å². The first-order valence-corrected chi connectivity index (χ1v) is 6.78. The molecule has 0 saturated heterocycles. The Morgan fingerprint density at radius 3 is 1.67 bits per heavy atom. The number of hydrogen-bond acceptors (Lipinski definition) is 0. The van der Waals surface area contributed by atoms with Crippen molar-refractivity contribution >= 4 is 0 Å². The van der Waals surface area contributed by atoms with E-state index in [4.69, 9.17) is 0 Å². The van der Waals surface area contributed by atoms with Gasteiger partial charge in [-0.25, -0.2) is 0 Å². The maximum absolute atomic E-state index is 2.33. The van der Waals surface area contributed by atoms with Crippen molar-refractivity contribution in [1.29, 1.82) is 0 Å². The van der Waals surface area contributed by atoms with Gasteiger partial charge in [0, 0.05) is 0 Å². The van der Waals surface area contributed by atoms with Gasteiger partial charge in [-0.3, -0.25) is 0 Å². The van der Waals surface area contributed by atoms with Crippen molar-refractivity contribution < 1.29 is 0 Å². The standard InChI is InChI=1S/C18H21/c1-3-15(2)14-18(16-10-6-4-7-11-16)17-12-8-5-9-13-17/h4-13,15H,3,14H2,1-2H3/q-1. The van der Waals surface area contributed by atoms with Crippen LogP contribution in [0.25, 0.3) is 0 Å². The average molecular weight is 237 g/mol. The summed E-state index contributed by atoms with van der Waals surface area (Å²) in [5.74, 6) is 2.19. The lowest BCUT2D eigenvalue weighted by Crippen LogP contribution is -2.07. The highest BCUT2D eigenvalue weighted by atomic mass is 14.2. The molecule has 0 nitrogen and oxygen atoms in total. The summed E-state index contributed by atoms with van der Waals surface area (Å²) in [6.07, 6.45) is 2.37. The van der Waals surface area contributed by atoms with Crippen molar-refractivity contribution in [2.75, 3.05) is 0 Å². The van der Waals surface area contributed by atoms with Gasteiger partial charge in [0.05, 0.1) is 0 Å². The Kier molecular flexibility index (Phi) is 4.46. The van der Waals surface area contributed by atoms with Crippen molar-refractivity contribution in [2.45, 2.75) is 26.7 Å². The van der Waals surface area contributed by atoms with Gasteiger partial charge in [-0.2, -0.15) is 0 Å². The molecule has 2 aromatic rings. The van der Waals surface area contributed by atoms with E-state index >= 15 is 0 Å². The van der Waals surface area contributed by atoms with E-state index in [1.54, 1.807) is 0 Å². The molecule has 0 spiro atoms. The molecule has 0 bridgehead atoms. The first-order chi connectivity index (χ1) is 8.81. The summed E-state index contributed by atoms with van der Waals surface area (Å²) in [6, 6.07) is 21.5. The van der Waals surface area contributed by atoms with E-state index < -0.39 is 0 Å². The SMILES string of the molecule is CCC(C)C[C-](c1ccccc1)c1ccccc1. The summed E-state index contributed by atoms with van der Waals surface area (Å²) in [4.78, 5) is 0. The van der Waals surface area contributed by atoms with Crippen molar-refractivity contribution in [1.82, 2.24) is 0 Å². The van der Waals surface area contributed by atoms with Crippen molar-refractivity contribution in [2.24, 2.45) is 5.92 Å². The summed E-state index contributed by atoms with van der Waals surface area (Å²) in [5.41, 5.74) is 2.70. The molecule has 94 valence electrons. The number of rotatable bonds is 5. The molecule has 2 rings (SSSR count). The summed E-state index contributed by atoms with van der Waals surface area (Å²) >= 11 is 0. The Morgan fingerprint density at radius 1 is 0.833 bits per heavy atom. The molecule has 1 atom stereocenters. The normalized spacial score (nSPS) is 12.1. The molecule has 0 amide bonds. The first-order valence-electron chi connectivity index (χ1n) is 6.78. The maximum Gasteiger partial charge on any atom is -0.0470 e. The lowest BCUT2D eigenvalue weighted by molar-refractivity contribution is 0.540. The maximum atomic E-state index is 2.33. The second-order valence-corrected chi connectivity index (χ2v) is 4.93. The average Bonchev–Trinajstić information content (AvgIpc) is 2.46. The van der Waals surface area contributed by atoms with E-state index in [1.165, 1.54) is 23.5 Å². The van der Waals surface area contributed by atoms with Gasteiger partial charge in [-0.05, 0) is 5.92 Å². The van der Waals surface area contributed by atoms with Crippen LogP contribution in [-0.2, 0) is 0 Å². The highest BCUT2D eigenvalue weighted by Gasteiger charge is 2.10. The van der Waals surface area contributed by atoms with Gasteiger partial charge in [0.25, 0.3) is 0 Å². The molecule has 0 aliphatic heterocycles. The van der Waals surface area contributed by atoms with Gasteiger partial charge in [0.1, 0.15) is 0 Å². The van der Waals surface area contributed by atoms with Gasteiger partial charge < -0.3 is 0 Å². The van der Waals surface area contributed by atoms with Crippen LogP contribution in [-0.4, -0.2) is 0 Å². The predicted octanol–water partition coefficient (Wildman–Crippen LogP) is 5.09. The summed E-state index contributed by atoms with van der Waals surface area (Å²) in [6.45, 7) is 4.59. The van der Waals surface area contributed by atoms with E-state index in [0.717, 1.165) is 12.3 Å². The molecule has 0 saturated carbocycles. The Balaban J connectivity index is 2.29. The van der Waals surface area contributed by atoms with E-state index in [2.05, 4.69) is 74.5 Å². The van der Waals surface area contributed by atoms with Crippen LogP contribution in [0.2, 0.25) is 0 Å². The van der Waals surface area contributed by atoms with Crippen LogP contribution in [0.5, 0.6) is 0 Å². The molecule has 0 radical (unpaired) electrons. The van der Waals surface area contributed by atoms with E-state index in [1.807, 2.05) is 0 Å². The fourth-order valence-corrected chi connectivity index (χ4v) is 2.17. The molecular weight excluding hydrogens is 216 g/mol. The van der Waals surface area contributed by atoms with Crippen LogP contribution < -0.4 is 0 Å². The van der Waals surface area contributed by atoms with Gasteiger partial charge >= 0.3 is 0 Å². The van der Waals surface area contributed by atoms with Crippen LogP contribution in [0.4, 0.5) is 0 Å². The molecule has 0 N–H and O–H groups in total. The van der Waals surface area contributed by atoms with Gasteiger partial charge in [0.2, 0.25) is 0 Å². The van der Waals surface area contributed by atoms with E-state index in [9.17, 15) is 0 Å². The highest BCUT2D eigenvalue weighted by Crippen LogP contribution is 2.30. The van der Waals surface area contributed by atoms with Crippen molar-refractivity contribution in [3.05, 3.63) is 77.7 Å². The van der Waals surface area contributed by atoms with Crippen LogP contribution >= 0.6 is 0 Å². The first kappa shape index (κ1) is 12.8. The lowest BCUT2D eigenvalue weighted by Gasteiger charge is -2.27. The number of benzene rings is 2. The smallest absolute Gasteiger partial charge is 0.0470 e. The molecule has 1 unspecified atom stereocenters. The second kappa shape index (κ2) is 6.30. The zero-order valence-electron chi connectivity index (χ0n) is 11.3. The molecule has 0 aromatic heterocycles. The Labute approximate surface area is 111 Å². The predicted molar refractivity (Wildman–Crippen MR) is 78.4 cm³/mol. The zero-order chi connectivity index (χ0) is 12.8. The van der Waals surface area contributed by atoms with Gasteiger partial charge in [0.15, 0.2) is 0 Å². The lowest BCUT2D eigenvalue weighted by atomic mass is 9.83. The topological polar surface area (TPSA) is 0 Å². The van der Waals surface area contributed by atoms with Crippen LogP contribution in [0, 0.1) is 11.8 Å². The minimum Gasteiger partial charge on any atom is -0.120 e. The second-order valence-electron chi connectivity index (χ2n) is 4.93. The van der Waals surface area contributed by atoms with Gasteiger partial charge in [-0.15, -0.1) is 41.3 Å². The molecule has 0 aliphatic rings. The van der Waals surface area contributed by atoms with Crippen LogP contribution in [0.15, 0.2) is 60.7 Å². The third kappa shape index (κ3) is 3.16. The minimum atomic E-state index is 0.723. The number of hydrogen-bond donors (Lipinski definition) is 0. The summed E-state index contributed by atoms with van der Waals surface area (Å²) < 4.78 is 0. The summed E-state index contributed by atoms with van der Waals surface area (Å²) in [5, 5.41) is 0. The Hall–Kier alpha value is -1.69. The van der Waals surface area contributed by atoms with Crippen LogP contribution in [0.1, 0.15) is 37.8 Å². The van der Waals surface area contributed by atoms with E-state index in [-0.39, 0.29) is 0 Å². The van der Waals surface area contributed by atoms with E-state index in [0.29, 0.717) is 0 Å². The fourth-order valence-electron chi connectivity index (χ4n) is 2.17. The Morgan fingerprint density at radius 2 is 1.28 bits per heavy atom. The van der Waals surface area contributed by atoms with Crippen molar-refractivity contribution in [3.8, 4) is 0 Å². The largest absolute Gasteiger partial charge is 0.120 e. The molecule has 0 heterocycles. The Bertz CT molecular complexity index is 404. The molecule has 18 heavy (non-hydrogen) atoms. The monoisotopic (exact) mass is 237 g/mol. The molecular formula is C18H21-. The highest BCUT2D eigenvalue weighted by molar-refractivity contribution is 5.45. The molecule has 0 fully saturated rings. The zero-order valence-corrected chi connectivity index (χ0v) is 11.3. The quantitative estimate of drug-likeness (QED) is 0.635. The molecule has 0 heteroatoms. The third-order valence-corrected chi connectivity index (χ3v) is 3.49.